The van der Waals surface area contributed by atoms with E-state index in [-0.39, 0.29) is 18.1 Å². The maximum Gasteiger partial charge on any atom is 0.259 e. The molecule has 0 aromatic carbocycles. The number of hydrogen-bond donors (Lipinski definition) is 2. The van der Waals surface area contributed by atoms with Crippen molar-refractivity contribution in [2.75, 3.05) is 13.1 Å². The van der Waals surface area contributed by atoms with E-state index in [0.717, 1.165) is 6.54 Å². The van der Waals surface area contributed by atoms with E-state index in [1.165, 1.54) is 12.5 Å². The molecule has 7 heteroatoms. The van der Waals surface area contributed by atoms with Crippen molar-refractivity contribution in [1.29, 1.82) is 0 Å². The van der Waals surface area contributed by atoms with E-state index in [0.29, 0.717) is 5.92 Å². The van der Waals surface area contributed by atoms with Gasteiger partial charge < -0.3 is 10.3 Å². The molecule has 0 fully saturated rings. The molecule has 16 heavy (non-hydrogen) atoms. The molecule has 0 amide bonds. The predicted molar refractivity (Wildman–Crippen MR) is 61.3 cm³/mol. The van der Waals surface area contributed by atoms with Crippen LogP contribution in [-0.2, 0) is 16.6 Å². The average Bonchev–Trinajstić information content (AvgIpc) is 2.63. The van der Waals surface area contributed by atoms with Crippen LogP contribution in [0.4, 0.5) is 0 Å². The van der Waals surface area contributed by atoms with Gasteiger partial charge in [0.15, 0.2) is 5.03 Å². The minimum atomic E-state index is -3.50. The number of nitrogens with two attached hydrogens (primary N) is 1. The van der Waals surface area contributed by atoms with Crippen LogP contribution in [0.25, 0.3) is 0 Å². The summed E-state index contributed by atoms with van der Waals surface area (Å²) in [5.41, 5.74) is 5.23. The summed E-state index contributed by atoms with van der Waals surface area (Å²) in [6.45, 7) is 5.35. The Labute approximate surface area is 95.9 Å². The lowest BCUT2D eigenvalue weighted by molar-refractivity contribution is 0.521. The van der Waals surface area contributed by atoms with Crippen LogP contribution in [0.2, 0.25) is 0 Å². The molecule has 0 radical (unpaired) electrons. The van der Waals surface area contributed by atoms with Gasteiger partial charge in [-0.1, -0.05) is 13.8 Å². The highest BCUT2D eigenvalue weighted by atomic mass is 32.2. The largest absolute Gasteiger partial charge is 0.336 e. The van der Waals surface area contributed by atoms with Gasteiger partial charge in [0.25, 0.3) is 10.0 Å². The fourth-order valence-corrected chi connectivity index (χ4v) is 2.26. The lowest BCUT2D eigenvalue weighted by Gasteiger charge is -2.04. The van der Waals surface area contributed by atoms with Gasteiger partial charge in [0.2, 0.25) is 0 Å². The first kappa shape index (κ1) is 13.1. The second-order valence-electron chi connectivity index (χ2n) is 3.99. The summed E-state index contributed by atoms with van der Waals surface area (Å²) in [6.07, 6.45) is 3.05. The monoisotopic (exact) mass is 246 g/mol. The maximum absolute atomic E-state index is 11.6. The first-order valence-electron chi connectivity index (χ1n) is 5.17. The summed E-state index contributed by atoms with van der Waals surface area (Å²) in [5.74, 6) is 0.446. The van der Waals surface area contributed by atoms with Crippen molar-refractivity contribution in [3.8, 4) is 0 Å². The van der Waals surface area contributed by atoms with E-state index in [4.69, 9.17) is 5.73 Å². The van der Waals surface area contributed by atoms with Crippen molar-refractivity contribution < 1.29 is 8.42 Å². The number of aromatic nitrogens is 2. The second-order valence-corrected chi connectivity index (χ2v) is 5.70. The zero-order valence-electron chi connectivity index (χ0n) is 9.55. The standard InChI is InChI=1S/C9H18N4O2S/c1-8(2)5-13-6-9(11-7-13)16(14,15)12-4-3-10/h6-8,12H,3-5,10H2,1-2H3. The first-order chi connectivity index (χ1) is 7.45. The highest BCUT2D eigenvalue weighted by Gasteiger charge is 2.16. The molecule has 3 N–H and O–H groups in total. The van der Waals surface area contributed by atoms with Crippen molar-refractivity contribution in [3.05, 3.63) is 12.5 Å². The summed E-state index contributed by atoms with van der Waals surface area (Å²) < 4.78 is 27.4. The van der Waals surface area contributed by atoms with Gasteiger partial charge in [-0.05, 0) is 5.92 Å². The molecule has 0 aliphatic rings. The Morgan fingerprint density at radius 2 is 2.25 bits per heavy atom. The van der Waals surface area contributed by atoms with E-state index in [1.54, 1.807) is 4.57 Å². The van der Waals surface area contributed by atoms with Gasteiger partial charge in [0.05, 0.1) is 6.33 Å². The van der Waals surface area contributed by atoms with Gasteiger partial charge in [-0.25, -0.2) is 18.1 Å². The lowest BCUT2D eigenvalue weighted by atomic mass is 10.2. The van der Waals surface area contributed by atoms with Gasteiger partial charge in [-0.2, -0.15) is 0 Å². The van der Waals surface area contributed by atoms with Crippen molar-refractivity contribution in [3.63, 3.8) is 0 Å². The number of nitrogens with zero attached hydrogens (tertiary/aromatic N) is 2. The summed E-state index contributed by atoms with van der Waals surface area (Å²) >= 11 is 0. The number of rotatable bonds is 6. The van der Waals surface area contributed by atoms with E-state index in [9.17, 15) is 8.42 Å². The minimum Gasteiger partial charge on any atom is -0.336 e. The molecule has 0 aliphatic heterocycles. The minimum absolute atomic E-state index is 0.0431. The van der Waals surface area contributed by atoms with Gasteiger partial charge >= 0.3 is 0 Å². The summed E-state index contributed by atoms with van der Waals surface area (Å²) in [5, 5.41) is 0.0431. The second kappa shape index (κ2) is 5.42. The maximum atomic E-state index is 11.6. The van der Waals surface area contributed by atoms with E-state index in [1.807, 2.05) is 0 Å². The zero-order valence-corrected chi connectivity index (χ0v) is 10.4. The predicted octanol–water partition coefficient (Wildman–Crippen LogP) is -0.224. The van der Waals surface area contributed by atoms with Crippen molar-refractivity contribution >= 4 is 10.0 Å². The van der Waals surface area contributed by atoms with Crippen LogP contribution < -0.4 is 10.5 Å². The van der Waals surface area contributed by atoms with Crippen LogP contribution in [-0.4, -0.2) is 31.1 Å². The molecule has 0 unspecified atom stereocenters. The average molecular weight is 246 g/mol. The number of sulfonamides is 1. The Kier molecular flexibility index (Phi) is 4.45. The smallest absolute Gasteiger partial charge is 0.259 e. The Morgan fingerprint density at radius 3 is 2.81 bits per heavy atom. The molecule has 1 aromatic heterocycles. The molecule has 92 valence electrons. The molecule has 0 aliphatic carbocycles. The Hall–Kier alpha value is -0.920. The van der Waals surface area contributed by atoms with Crippen molar-refractivity contribution in [1.82, 2.24) is 14.3 Å². The third kappa shape index (κ3) is 3.58. The van der Waals surface area contributed by atoms with Crippen LogP contribution in [0.3, 0.4) is 0 Å². The van der Waals surface area contributed by atoms with Gasteiger partial charge in [0.1, 0.15) is 0 Å². The quantitative estimate of drug-likeness (QED) is 0.726. The number of imidazole rings is 1. The van der Waals surface area contributed by atoms with Crippen LogP contribution in [0, 0.1) is 5.92 Å². The van der Waals surface area contributed by atoms with E-state index in [2.05, 4.69) is 23.6 Å². The summed E-state index contributed by atoms with van der Waals surface area (Å²) in [6, 6.07) is 0. The molecule has 1 aromatic rings. The highest BCUT2D eigenvalue weighted by molar-refractivity contribution is 7.89. The molecule has 0 spiro atoms. The van der Waals surface area contributed by atoms with Crippen molar-refractivity contribution in [2.45, 2.75) is 25.4 Å². The molecule has 0 saturated carbocycles. The fraction of sp³-hybridized carbons (Fsp3) is 0.667. The third-order valence-electron chi connectivity index (χ3n) is 1.90. The summed E-state index contributed by atoms with van der Waals surface area (Å²) in [7, 11) is -3.50. The molecular formula is C9H18N4O2S. The molecule has 0 atom stereocenters. The van der Waals surface area contributed by atoms with Crippen LogP contribution in [0.5, 0.6) is 0 Å². The van der Waals surface area contributed by atoms with Crippen molar-refractivity contribution in [2.24, 2.45) is 11.7 Å². The Balaban J connectivity index is 2.77. The van der Waals surface area contributed by atoms with E-state index >= 15 is 0 Å². The summed E-state index contributed by atoms with van der Waals surface area (Å²) in [4.78, 5) is 3.87. The molecule has 1 heterocycles. The Bertz CT molecular complexity index is 424. The number of hydrogen-bond acceptors (Lipinski definition) is 4. The van der Waals surface area contributed by atoms with Crippen LogP contribution >= 0.6 is 0 Å². The van der Waals surface area contributed by atoms with Gasteiger partial charge in [0, 0.05) is 25.8 Å². The molecule has 1 rings (SSSR count). The fourth-order valence-electron chi connectivity index (χ4n) is 1.27. The lowest BCUT2D eigenvalue weighted by Crippen LogP contribution is -2.29. The van der Waals surface area contributed by atoms with Gasteiger partial charge in [-0.15, -0.1) is 0 Å². The van der Waals surface area contributed by atoms with E-state index < -0.39 is 10.0 Å². The van der Waals surface area contributed by atoms with Crippen LogP contribution in [0.1, 0.15) is 13.8 Å². The number of nitrogens with one attached hydrogen (secondary N) is 1. The molecule has 6 nitrogen and oxygen atoms in total. The topological polar surface area (TPSA) is 90.0 Å². The first-order valence-corrected chi connectivity index (χ1v) is 6.65. The molecule has 0 saturated heterocycles. The zero-order chi connectivity index (χ0) is 12.2. The third-order valence-corrected chi connectivity index (χ3v) is 3.24. The SMILES string of the molecule is CC(C)Cn1cnc(S(=O)(=O)NCCN)c1. The Morgan fingerprint density at radius 1 is 1.56 bits per heavy atom. The molecule has 0 bridgehead atoms. The van der Waals surface area contributed by atoms with Gasteiger partial charge in [-0.3, -0.25) is 0 Å². The molecular weight excluding hydrogens is 228 g/mol. The van der Waals surface area contributed by atoms with Crippen LogP contribution in [0.15, 0.2) is 17.6 Å². The normalized spacial score (nSPS) is 12.2. The highest BCUT2D eigenvalue weighted by Crippen LogP contribution is 2.06.